The molecule has 130 valence electrons. The van der Waals surface area contributed by atoms with E-state index in [9.17, 15) is 9.59 Å². The zero-order valence-electron chi connectivity index (χ0n) is 13.8. The van der Waals surface area contributed by atoms with Crippen molar-refractivity contribution in [3.63, 3.8) is 0 Å². The highest BCUT2D eigenvalue weighted by molar-refractivity contribution is 7.99. The largest absolute Gasteiger partial charge is 0.461 e. The number of aromatic nitrogens is 3. The van der Waals surface area contributed by atoms with Crippen LogP contribution in [0, 0.1) is 0 Å². The van der Waals surface area contributed by atoms with Crippen molar-refractivity contribution in [2.75, 3.05) is 12.3 Å². The maximum absolute atomic E-state index is 11.9. The second-order valence-corrected chi connectivity index (χ2v) is 5.79. The maximum atomic E-state index is 11.9. The standard InChI is InChI=1S/C15H20N4O4S/c1-4-16-14(21)10(3)23-12(20)9-24-15-18-17-13(19(15)5-2)11-7-6-8-22-11/h6-8,10H,4-5,9H2,1-3H3,(H,16,21)/t10-/m0/s1. The van der Waals surface area contributed by atoms with Gasteiger partial charge in [0.1, 0.15) is 0 Å². The summed E-state index contributed by atoms with van der Waals surface area (Å²) in [5, 5.41) is 11.4. The number of carbonyl (C=O) groups excluding carboxylic acids is 2. The highest BCUT2D eigenvalue weighted by atomic mass is 32.2. The number of carbonyl (C=O) groups is 2. The SMILES string of the molecule is CCNC(=O)[C@H](C)OC(=O)CSc1nnc(-c2ccco2)n1CC. The van der Waals surface area contributed by atoms with Gasteiger partial charge in [0.05, 0.1) is 12.0 Å². The van der Waals surface area contributed by atoms with Crippen molar-refractivity contribution in [2.45, 2.75) is 38.6 Å². The summed E-state index contributed by atoms with van der Waals surface area (Å²) in [6, 6.07) is 3.57. The predicted molar refractivity (Wildman–Crippen MR) is 88.4 cm³/mol. The third-order valence-corrected chi connectivity index (χ3v) is 4.06. The molecule has 2 rings (SSSR count). The molecule has 8 nitrogen and oxygen atoms in total. The number of rotatable bonds is 8. The highest BCUT2D eigenvalue weighted by Gasteiger charge is 2.19. The van der Waals surface area contributed by atoms with E-state index in [0.29, 0.717) is 29.8 Å². The van der Waals surface area contributed by atoms with Crippen molar-refractivity contribution in [3.8, 4) is 11.6 Å². The van der Waals surface area contributed by atoms with Gasteiger partial charge in [-0.2, -0.15) is 0 Å². The Morgan fingerprint density at radius 3 is 2.83 bits per heavy atom. The van der Waals surface area contributed by atoms with Gasteiger partial charge in [-0.1, -0.05) is 11.8 Å². The van der Waals surface area contributed by atoms with Crippen LogP contribution in [0.5, 0.6) is 0 Å². The van der Waals surface area contributed by atoms with E-state index >= 15 is 0 Å². The second-order valence-electron chi connectivity index (χ2n) is 4.84. The Hall–Kier alpha value is -2.29. The van der Waals surface area contributed by atoms with Gasteiger partial charge < -0.3 is 14.5 Å². The van der Waals surface area contributed by atoms with Crippen LogP contribution in [-0.2, 0) is 20.9 Å². The molecule has 24 heavy (non-hydrogen) atoms. The number of hydrogen-bond acceptors (Lipinski definition) is 7. The van der Waals surface area contributed by atoms with Crippen LogP contribution in [0.1, 0.15) is 20.8 Å². The van der Waals surface area contributed by atoms with Gasteiger partial charge in [0.25, 0.3) is 5.91 Å². The van der Waals surface area contributed by atoms with Crippen molar-refractivity contribution in [2.24, 2.45) is 0 Å². The van der Waals surface area contributed by atoms with Gasteiger partial charge in [-0.05, 0) is 32.9 Å². The second kappa shape index (κ2) is 8.53. The topological polar surface area (TPSA) is 99.2 Å². The van der Waals surface area contributed by atoms with Gasteiger partial charge >= 0.3 is 5.97 Å². The molecular weight excluding hydrogens is 332 g/mol. The smallest absolute Gasteiger partial charge is 0.317 e. The summed E-state index contributed by atoms with van der Waals surface area (Å²) >= 11 is 1.21. The van der Waals surface area contributed by atoms with E-state index in [0.717, 1.165) is 0 Å². The average molecular weight is 352 g/mol. The monoisotopic (exact) mass is 352 g/mol. The minimum absolute atomic E-state index is 0.0417. The van der Waals surface area contributed by atoms with Crippen LogP contribution in [0.4, 0.5) is 0 Å². The van der Waals surface area contributed by atoms with Crippen molar-refractivity contribution in [1.82, 2.24) is 20.1 Å². The summed E-state index contributed by atoms with van der Waals surface area (Å²) in [5.74, 6) is 0.467. The molecule has 2 aromatic rings. The van der Waals surface area contributed by atoms with Crippen LogP contribution in [0.3, 0.4) is 0 Å². The maximum Gasteiger partial charge on any atom is 0.317 e. The first-order valence-corrected chi connectivity index (χ1v) is 8.62. The van der Waals surface area contributed by atoms with Crippen molar-refractivity contribution in [3.05, 3.63) is 18.4 Å². The fraction of sp³-hybridized carbons (Fsp3) is 0.467. The Morgan fingerprint density at radius 2 is 2.21 bits per heavy atom. The molecule has 0 aliphatic carbocycles. The van der Waals surface area contributed by atoms with Gasteiger partial charge in [-0.15, -0.1) is 10.2 Å². The first-order valence-electron chi connectivity index (χ1n) is 7.63. The molecule has 0 unspecified atom stereocenters. The normalized spacial score (nSPS) is 12.0. The van der Waals surface area contributed by atoms with Gasteiger partial charge in [-0.25, -0.2) is 0 Å². The molecule has 9 heteroatoms. The number of nitrogens with one attached hydrogen (secondary N) is 1. The first kappa shape index (κ1) is 18.1. The van der Waals surface area contributed by atoms with E-state index in [1.165, 1.54) is 18.7 Å². The number of ether oxygens (including phenoxy) is 1. The fourth-order valence-corrected chi connectivity index (χ4v) is 2.78. The molecule has 0 radical (unpaired) electrons. The summed E-state index contributed by atoms with van der Waals surface area (Å²) in [6.07, 6.45) is 0.748. The summed E-state index contributed by atoms with van der Waals surface area (Å²) in [6.45, 7) is 6.42. The molecule has 0 saturated carbocycles. The number of amides is 1. The molecule has 0 fully saturated rings. The van der Waals surface area contributed by atoms with E-state index < -0.39 is 12.1 Å². The molecule has 0 aliphatic rings. The lowest BCUT2D eigenvalue weighted by molar-refractivity contribution is -0.152. The van der Waals surface area contributed by atoms with Crippen LogP contribution in [0.2, 0.25) is 0 Å². The lowest BCUT2D eigenvalue weighted by Gasteiger charge is -2.12. The number of esters is 1. The quantitative estimate of drug-likeness (QED) is 0.570. The average Bonchev–Trinajstić information content (AvgIpc) is 3.21. The third-order valence-electron chi connectivity index (χ3n) is 3.12. The molecule has 0 aromatic carbocycles. The molecule has 0 bridgehead atoms. The molecule has 0 spiro atoms. The fourth-order valence-electron chi connectivity index (χ4n) is 1.99. The molecule has 0 saturated heterocycles. The summed E-state index contributed by atoms with van der Waals surface area (Å²) in [7, 11) is 0. The zero-order valence-corrected chi connectivity index (χ0v) is 14.6. The Kier molecular flexibility index (Phi) is 6.42. The first-order chi connectivity index (χ1) is 11.6. The number of furan rings is 1. The Labute approximate surface area is 144 Å². The minimum Gasteiger partial charge on any atom is -0.461 e. The zero-order chi connectivity index (χ0) is 17.5. The van der Waals surface area contributed by atoms with E-state index in [1.807, 2.05) is 11.5 Å². The van der Waals surface area contributed by atoms with Gasteiger partial charge in [0, 0.05) is 13.1 Å². The van der Waals surface area contributed by atoms with Gasteiger partial charge in [0.15, 0.2) is 22.8 Å². The number of likely N-dealkylation sites (N-methyl/N-ethyl adjacent to an activating group) is 1. The van der Waals surface area contributed by atoms with Crippen molar-refractivity contribution in [1.29, 1.82) is 0 Å². The van der Waals surface area contributed by atoms with E-state index in [2.05, 4.69) is 15.5 Å². The Bertz CT molecular complexity index is 684. The van der Waals surface area contributed by atoms with Crippen LogP contribution < -0.4 is 5.32 Å². The van der Waals surface area contributed by atoms with Gasteiger partial charge in [-0.3, -0.25) is 14.2 Å². The summed E-state index contributed by atoms with van der Waals surface area (Å²) in [5.41, 5.74) is 0. The van der Waals surface area contributed by atoms with Crippen molar-refractivity contribution >= 4 is 23.6 Å². The molecule has 0 aliphatic heterocycles. The molecule has 2 aromatic heterocycles. The molecule has 1 N–H and O–H groups in total. The van der Waals surface area contributed by atoms with Crippen LogP contribution in [0.15, 0.2) is 28.0 Å². The van der Waals surface area contributed by atoms with Crippen LogP contribution >= 0.6 is 11.8 Å². The lowest BCUT2D eigenvalue weighted by Crippen LogP contribution is -2.35. The van der Waals surface area contributed by atoms with E-state index in [1.54, 1.807) is 25.3 Å². The van der Waals surface area contributed by atoms with Crippen LogP contribution in [0.25, 0.3) is 11.6 Å². The molecule has 2 heterocycles. The Balaban J connectivity index is 1.95. The molecule has 1 amide bonds. The van der Waals surface area contributed by atoms with E-state index in [-0.39, 0.29) is 11.7 Å². The lowest BCUT2D eigenvalue weighted by atomic mass is 10.4. The summed E-state index contributed by atoms with van der Waals surface area (Å²) in [4.78, 5) is 23.4. The highest BCUT2D eigenvalue weighted by Crippen LogP contribution is 2.24. The predicted octanol–water partition coefficient (Wildman–Crippen LogP) is 1.72. The number of hydrogen-bond donors (Lipinski definition) is 1. The van der Waals surface area contributed by atoms with E-state index in [4.69, 9.17) is 9.15 Å². The Morgan fingerprint density at radius 1 is 1.42 bits per heavy atom. The van der Waals surface area contributed by atoms with Gasteiger partial charge in [0.2, 0.25) is 0 Å². The molecular formula is C15H20N4O4S. The number of thioether (sulfide) groups is 1. The van der Waals surface area contributed by atoms with Crippen molar-refractivity contribution < 1.29 is 18.7 Å². The third kappa shape index (κ3) is 4.38. The summed E-state index contributed by atoms with van der Waals surface area (Å²) < 4.78 is 12.3. The molecule has 1 atom stereocenters. The number of nitrogens with zero attached hydrogens (tertiary/aromatic N) is 3. The van der Waals surface area contributed by atoms with Crippen LogP contribution in [-0.4, -0.2) is 45.0 Å². The minimum atomic E-state index is -0.819.